The zero-order chi connectivity index (χ0) is 21.6. The normalized spacial score (nSPS) is 19.8. The molecule has 2 aromatic heterocycles. The summed E-state index contributed by atoms with van der Waals surface area (Å²) in [4.78, 5) is 46.3. The van der Waals surface area contributed by atoms with Crippen molar-refractivity contribution in [1.29, 1.82) is 0 Å². The van der Waals surface area contributed by atoms with E-state index in [1.165, 1.54) is 4.52 Å². The Morgan fingerprint density at radius 3 is 2.70 bits per heavy atom. The number of aromatic amines is 1. The Bertz CT molecular complexity index is 1050. The Labute approximate surface area is 176 Å². The van der Waals surface area contributed by atoms with E-state index in [4.69, 9.17) is 4.98 Å². The molecule has 0 bridgehead atoms. The molecule has 4 heterocycles. The molecular formula is C22H31N5O3. The van der Waals surface area contributed by atoms with Gasteiger partial charge in [0.15, 0.2) is 5.65 Å². The molecule has 8 nitrogen and oxygen atoms in total. The number of likely N-dealkylation sites (tertiary alicyclic amines) is 1. The van der Waals surface area contributed by atoms with E-state index >= 15 is 0 Å². The van der Waals surface area contributed by atoms with Crippen molar-refractivity contribution >= 4 is 17.5 Å². The largest absolute Gasteiger partial charge is 0.342 e. The molecule has 162 valence electrons. The van der Waals surface area contributed by atoms with Crippen LogP contribution in [0, 0.1) is 5.41 Å². The SMILES string of the molecule is CCC(=O)N1CCc2nc3cc([C@H]4CCCN(C(=O)C(C)(C)C)C4)[nH]n3c(=O)c2C1. The summed E-state index contributed by atoms with van der Waals surface area (Å²) in [6.45, 7) is 10.0. The van der Waals surface area contributed by atoms with Crippen LogP contribution in [0.4, 0.5) is 0 Å². The van der Waals surface area contributed by atoms with E-state index in [9.17, 15) is 14.4 Å². The van der Waals surface area contributed by atoms with Crippen LogP contribution in [0.15, 0.2) is 10.9 Å². The van der Waals surface area contributed by atoms with Crippen LogP contribution in [0.5, 0.6) is 0 Å². The van der Waals surface area contributed by atoms with E-state index < -0.39 is 5.41 Å². The summed E-state index contributed by atoms with van der Waals surface area (Å²) in [7, 11) is 0. The highest BCUT2D eigenvalue weighted by atomic mass is 16.2. The lowest BCUT2D eigenvalue weighted by Crippen LogP contribution is -2.44. The molecule has 30 heavy (non-hydrogen) atoms. The fraction of sp³-hybridized carbons (Fsp3) is 0.636. The van der Waals surface area contributed by atoms with Crippen molar-refractivity contribution in [2.45, 2.75) is 65.8 Å². The summed E-state index contributed by atoms with van der Waals surface area (Å²) in [5, 5.41) is 3.24. The second kappa shape index (κ2) is 7.56. The van der Waals surface area contributed by atoms with Crippen molar-refractivity contribution in [3.8, 4) is 0 Å². The Balaban J connectivity index is 1.63. The van der Waals surface area contributed by atoms with Crippen molar-refractivity contribution in [2.75, 3.05) is 19.6 Å². The lowest BCUT2D eigenvalue weighted by Gasteiger charge is -2.36. The molecular weight excluding hydrogens is 382 g/mol. The molecule has 0 aliphatic carbocycles. The summed E-state index contributed by atoms with van der Waals surface area (Å²) in [6, 6.07) is 1.95. The Hall–Kier alpha value is -2.64. The van der Waals surface area contributed by atoms with Gasteiger partial charge in [0, 0.05) is 55.6 Å². The van der Waals surface area contributed by atoms with Gasteiger partial charge in [-0.15, -0.1) is 0 Å². The maximum Gasteiger partial charge on any atom is 0.277 e. The number of hydrogen-bond donors (Lipinski definition) is 1. The van der Waals surface area contributed by atoms with Gasteiger partial charge in [-0.2, -0.15) is 0 Å². The molecule has 2 aliphatic heterocycles. The van der Waals surface area contributed by atoms with Crippen LogP contribution < -0.4 is 5.56 Å². The Morgan fingerprint density at radius 2 is 2.00 bits per heavy atom. The predicted molar refractivity (Wildman–Crippen MR) is 113 cm³/mol. The standard InChI is InChI=1S/C22H31N5O3/c1-5-19(28)25-10-8-16-15(13-25)20(29)27-18(23-16)11-17(24-27)14-7-6-9-26(12-14)21(30)22(2,3)4/h11,14,24H,5-10,12-13H2,1-4H3/t14-/m0/s1. The van der Waals surface area contributed by atoms with Crippen molar-refractivity contribution in [2.24, 2.45) is 5.41 Å². The van der Waals surface area contributed by atoms with Gasteiger partial charge in [0.25, 0.3) is 5.56 Å². The zero-order valence-corrected chi connectivity index (χ0v) is 18.3. The molecule has 1 atom stereocenters. The van der Waals surface area contributed by atoms with Crippen molar-refractivity contribution < 1.29 is 9.59 Å². The molecule has 2 aromatic rings. The predicted octanol–water partition coefficient (Wildman–Crippen LogP) is 2.07. The number of H-pyrrole nitrogens is 1. The smallest absolute Gasteiger partial charge is 0.277 e. The summed E-state index contributed by atoms with van der Waals surface area (Å²) in [5.41, 5.74) is 2.41. The minimum Gasteiger partial charge on any atom is -0.342 e. The van der Waals surface area contributed by atoms with Crippen molar-refractivity contribution in [3.63, 3.8) is 0 Å². The molecule has 0 spiro atoms. The first-order chi connectivity index (χ1) is 14.2. The molecule has 4 rings (SSSR count). The van der Waals surface area contributed by atoms with E-state index in [0.717, 1.165) is 30.8 Å². The van der Waals surface area contributed by atoms with Crippen LogP contribution >= 0.6 is 0 Å². The minimum atomic E-state index is -0.401. The molecule has 8 heteroatoms. The number of nitrogens with one attached hydrogen (secondary N) is 1. The quantitative estimate of drug-likeness (QED) is 0.816. The van der Waals surface area contributed by atoms with Gasteiger partial charge in [-0.25, -0.2) is 9.50 Å². The van der Waals surface area contributed by atoms with E-state index in [0.29, 0.717) is 43.7 Å². The molecule has 0 unspecified atom stereocenters. The number of amides is 2. The van der Waals surface area contributed by atoms with Crippen LogP contribution in [0.1, 0.15) is 69.8 Å². The monoisotopic (exact) mass is 413 g/mol. The average Bonchev–Trinajstić information content (AvgIpc) is 3.16. The second-order valence-electron chi connectivity index (χ2n) is 9.51. The summed E-state index contributed by atoms with van der Waals surface area (Å²) in [6.07, 6.45) is 2.94. The van der Waals surface area contributed by atoms with Crippen LogP contribution in [0.3, 0.4) is 0 Å². The first-order valence-electron chi connectivity index (χ1n) is 10.9. The van der Waals surface area contributed by atoms with Gasteiger partial charge in [0.1, 0.15) is 0 Å². The van der Waals surface area contributed by atoms with Crippen LogP contribution in [0.2, 0.25) is 0 Å². The maximum atomic E-state index is 13.1. The topological polar surface area (TPSA) is 90.8 Å². The second-order valence-corrected chi connectivity index (χ2v) is 9.51. The molecule has 2 aliphatic rings. The third kappa shape index (κ3) is 3.63. The lowest BCUT2D eigenvalue weighted by molar-refractivity contribution is -0.140. The zero-order valence-electron chi connectivity index (χ0n) is 18.3. The van der Waals surface area contributed by atoms with Gasteiger partial charge in [-0.1, -0.05) is 27.7 Å². The number of aromatic nitrogens is 3. The van der Waals surface area contributed by atoms with E-state index in [1.807, 2.05) is 38.7 Å². The molecule has 1 fully saturated rings. The molecule has 0 radical (unpaired) electrons. The highest BCUT2D eigenvalue weighted by molar-refractivity contribution is 5.81. The highest BCUT2D eigenvalue weighted by Crippen LogP contribution is 2.29. The number of carbonyl (C=O) groups excluding carboxylic acids is 2. The van der Waals surface area contributed by atoms with Crippen LogP contribution in [-0.4, -0.2) is 55.8 Å². The Morgan fingerprint density at radius 1 is 1.23 bits per heavy atom. The van der Waals surface area contributed by atoms with E-state index in [-0.39, 0.29) is 23.3 Å². The third-order valence-electron chi connectivity index (χ3n) is 6.23. The van der Waals surface area contributed by atoms with Gasteiger partial charge >= 0.3 is 0 Å². The van der Waals surface area contributed by atoms with Gasteiger partial charge < -0.3 is 9.80 Å². The van der Waals surface area contributed by atoms with Crippen LogP contribution in [-0.2, 0) is 22.6 Å². The minimum absolute atomic E-state index is 0.0585. The molecule has 1 saturated heterocycles. The maximum absolute atomic E-state index is 13.1. The summed E-state index contributed by atoms with van der Waals surface area (Å²) in [5.74, 6) is 0.374. The van der Waals surface area contributed by atoms with Gasteiger partial charge in [0.2, 0.25) is 11.8 Å². The first-order valence-corrected chi connectivity index (χ1v) is 10.9. The van der Waals surface area contributed by atoms with Crippen LogP contribution in [0.25, 0.3) is 5.65 Å². The molecule has 2 amide bonds. The number of hydrogen-bond acceptors (Lipinski definition) is 4. The van der Waals surface area contributed by atoms with Crippen molar-refractivity contribution in [1.82, 2.24) is 24.4 Å². The number of carbonyl (C=O) groups is 2. The van der Waals surface area contributed by atoms with Gasteiger partial charge in [-0.3, -0.25) is 19.5 Å². The number of piperidine rings is 1. The first kappa shape index (κ1) is 20.6. The lowest BCUT2D eigenvalue weighted by atomic mass is 9.90. The summed E-state index contributed by atoms with van der Waals surface area (Å²) < 4.78 is 1.50. The van der Waals surface area contributed by atoms with Gasteiger partial charge in [-0.05, 0) is 12.8 Å². The summed E-state index contributed by atoms with van der Waals surface area (Å²) >= 11 is 0. The van der Waals surface area contributed by atoms with Crippen molar-refractivity contribution in [3.05, 3.63) is 33.4 Å². The van der Waals surface area contributed by atoms with Gasteiger partial charge in [0.05, 0.1) is 17.8 Å². The molecule has 0 saturated carbocycles. The average molecular weight is 414 g/mol. The fourth-order valence-corrected chi connectivity index (χ4v) is 4.54. The van der Waals surface area contributed by atoms with E-state index in [1.54, 1.807) is 4.90 Å². The number of nitrogens with zero attached hydrogens (tertiary/aromatic N) is 4. The van der Waals surface area contributed by atoms with E-state index in [2.05, 4.69) is 5.10 Å². The molecule has 0 aromatic carbocycles. The molecule has 1 N–H and O–H groups in total. The highest BCUT2D eigenvalue weighted by Gasteiger charge is 2.32. The Kier molecular flexibility index (Phi) is 5.20. The fourth-order valence-electron chi connectivity index (χ4n) is 4.54. The third-order valence-corrected chi connectivity index (χ3v) is 6.23. The number of fused-ring (bicyclic) bond motifs is 2. The number of rotatable bonds is 2.